The molecule has 3 bridgehead atoms. The second-order valence-electron chi connectivity index (χ2n) is 28.6. The van der Waals surface area contributed by atoms with Crippen LogP contribution in [0.5, 0.6) is 0 Å². The molecule has 14 unspecified atom stereocenters. The Bertz CT molecular complexity index is 1530. The average Bonchev–Trinajstić information content (AvgIpc) is 4.02. The lowest BCUT2D eigenvalue weighted by Crippen LogP contribution is -2.49. The van der Waals surface area contributed by atoms with Crippen molar-refractivity contribution in [1.82, 2.24) is 0 Å². The molecule has 0 aromatic heterocycles. The molecule has 0 radical (unpaired) electrons. The van der Waals surface area contributed by atoms with Gasteiger partial charge in [-0.25, -0.2) is 0 Å². The van der Waals surface area contributed by atoms with Gasteiger partial charge in [0.25, 0.3) is 0 Å². The van der Waals surface area contributed by atoms with Crippen LogP contribution in [0.25, 0.3) is 0 Å². The lowest BCUT2D eigenvalue weighted by molar-refractivity contribution is -0.0653. The average molecular weight is 893 g/mol. The quantitative estimate of drug-likeness (QED) is 0.234. The van der Waals surface area contributed by atoms with Crippen LogP contribution in [0.3, 0.4) is 0 Å². The van der Waals surface area contributed by atoms with Crippen LogP contribution in [-0.4, -0.2) is 6.54 Å². The van der Waals surface area contributed by atoms with Crippen molar-refractivity contribution in [3.8, 4) is 0 Å². The van der Waals surface area contributed by atoms with Crippen molar-refractivity contribution in [2.24, 2.45) is 122 Å². The van der Waals surface area contributed by atoms with Crippen molar-refractivity contribution in [3.05, 3.63) is 4.91 Å². The van der Waals surface area contributed by atoms with Crippen LogP contribution in [0.1, 0.15) is 271 Å². The maximum Gasteiger partial charge on any atom is 0.0872 e. The fraction of sp³-hybridized carbons (Fsp3) is 1.00. The standard InChI is InChI=1S/C63H105NO/c1-3-54-56-39-57(56)60-42-61(60,2)59-38-51(59)24-16-23-47-35-46(47)21-11-7-4-8-12-25-58(54)63(43-64-65)32-13-9-5-6-10-17-44(26-27-45-18-14-19-45)20-15-22-48-36-49(48)28-29-50-37-55(50)52-40-62(41-52)33-30-53(63)31-34-62/h44-60H,3-43H2,1-2H3/t44?,46?,47?,48?,49?,50?,51?,52?,53?,54?,55?,56-,57?,58?,59-,60?,61?,62?,63?/m1/s1. The van der Waals surface area contributed by atoms with Gasteiger partial charge in [0.15, 0.2) is 0 Å². The minimum Gasteiger partial charge on any atom is -0.151 e. The smallest absolute Gasteiger partial charge is 0.0872 e. The van der Waals surface area contributed by atoms with E-state index in [9.17, 15) is 4.91 Å². The molecule has 13 aliphatic rings. The Morgan fingerprint density at radius 1 is 0.431 bits per heavy atom. The first-order chi connectivity index (χ1) is 31.9. The normalized spacial score (nSPS) is 50.9. The molecule has 0 amide bonds. The van der Waals surface area contributed by atoms with Crippen LogP contribution < -0.4 is 0 Å². The molecule has 2 nitrogen and oxygen atoms in total. The lowest BCUT2D eigenvalue weighted by atomic mass is 9.48. The fourth-order valence-corrected chi connectivity index (χ4v) is 19.9. The van der Waals surface area contributed by atoms with Gasteiger partial charge in [0.1, 0.15) is 0 Å². The molecular formula is C63H105NO. The number of fused-ring (bicyclic) bond motifs is 7. The van der Waals surface area contributed by atoms with E-state index in [-0.39, 0.29) is 5.41 Å². The van der Waals surface area contributed by atoms with Crippen LogP contribution in [0.4, 0.5) is 0 Å². The first-order valence-electron chi connectivity index (χ1n) is 31.2. The predicted molar refractivity (Wildman–Crippen MR) is 273 cm³/mol. The van der Waals surface area contributed by atoms with Gasteiger partial charge in [-0.05, 0) is 220 Å². The molecule has 65 heavy (non-hydrogen) atoms. The summed E-state index contributed by atoms with van der Waals surface area (Å²) in [6, 6.07) is 0. The number of hydrogen-bond donors (Lipinski definition) is 0. The van der Waals surface area contributed by atoms with Crippen LogP contribution in [0.2, 0.25) is 0 Å². The minimum atomic E-state index is 0.148. The second kappa shape index (κ2) is 20.4. The van der Waals surface area contributed by atoms with Crippen molar-refractivity contribution < 1.29 is 0 Å². The molecular weight excluding hydrogens is 787 g/mol. The van der Waals surface area contributed by atoms with Gasteiger partial charge in [0.05, 0.1) is 6.54 Å². The second-order valence-corrected chi connectivity index (χ2v) is 28.6. The molecule has 13 aliphatic carbocycles. The molecule has 0 saturated heterocycles. The molecule has 16 atom stereocenters. The van der Waals surface area contributed by atoms with Gasteiger partial charge in [-0.15, -0.1) is 0 Å². The Balaban J connectivity index is 0.799. The summed E-state index contributed by atoms with van der Waals surface area (Å²) in [6.07, 6.45) is 59.9. The van der Waals surface area contributed by atoms with Crippen LogP contribution >= 0.6 is 0 Å². The van der Waals surface area contributed by atoms with Crippen LogP contribution in [0, 0.1) is 122 Å². The van der Waals surface area contributed by atoms with Crippen molar-refractivity contribution in [2.45, 2.75) is 271 Å². The van der Waals surface area contributed by atoms with Crippen LogP contribution in [-0.2, 0) is 0 Å². The molecule has 13 saturated carbocycles. The molecule has 2 heteroatoms. The summed E-state index contributed by atoms with van der Waals surface area (Å²) in [4.78, 5) is 13.2. The van der Waals surface area contributed by atoms with Gasteiger partial charge in [0.2, 0.25) is 0 Å². The van der Waals surface area contributed by atoms with E-state index in [4.69, 9.17) is 0 Å². The number of nitrogens with zero attached hydrogens (tertiary/aromatic N) is 1. The van der Waals surface area contributed by atoms with Crippen molar-refractivity contribution >= 4 is 0 Å². The highest BCUT2D eigenvalue weighted by atomic mass is 16.3. The zero-order chi connectivity index (χ0) is 44.0. The third-order valence-electron chi connectivity index (χ3n) is 24.9. The summed E-state index contributed by atoms with van der Waals surface area (Å²) >= 11 is 0. The molecule has 0 heterocycles. The topological polar surface area (TPSA) is 29.4 Å². The highest BCUT2D eigenvalue weighted by molar-refractivity contribution is 5.18. The number of rotatable bonds is 7. The maximum absolute atomic E-state index is 13.2. The molecule has 0 aromatic rings. The Morgan fingerprint density at radius 3 is 1.69 bits per heavy atom. The molecule has 0 aromatic carbocycles. The SMILES string of the molecule is CCC1C(C2(CN=O)CCCCCCCC(CCC3CCC3)CCCC3CC3CCC3CC3C3CC4(CCC2CC4)C3)CCCCCCCC2CC2CCCC2C[C@H]2C2(C)CC2C2C[C@H]12. The molecule has 13 rings (SSSR count). The summed E-state index contributed by atoms with van der Waals surface area (Å²) in [7, 11) is 0. The van der Waals surface area contributed by atoms with E-state index in [2.05, 4.69) is 19.0 Å². The Morgan fingerprint density at radius 2 is 1.00 bits per heavy atom. The van der Waals surface area contributed by atoms with E-state index in [0.29, 0.717) is 17.4 Å². The van der Waals surface area contributed by atoms with Gasteiger partial charge in [-0.1, -0.05) is 173 Å². The highest BCUT2D eigenvalue weighted by Crippen LogP contribution is 2.76. The van der Waals surface area contributed by atoms with E-state index >= 15 is 0 Å². The molecule has 0 aliphatic heterocycles. The summed E-state index contributed by atoms with van der Waals surface area (Å²) in [6.45, 7) is 6.02. The zero-order valence-electron chi connectivity index (χ0n) is 43.2. The molecule has 1 spiro atoms. The molecule has 13 fully saturated rings. The van der Waals surface area contributed by atoms with E-state index in [1.165, 1.54) is 173 Å². The predicted octanol–water partition coefficient (Wildman–Crippen LogP) is 19.0. The third kappa shape index (κ3) is 10.8. The highest BCUT2D eigenvalue weighted by Gasteiger charge is 2.69. The zero-order valence-corrected chi connectivity index (χ0v) is 43.2. The summed E-state index contributed by atoms with van der Waals surface area (Å²) in [5, 5.41) is 4.16. The summed E-state index contributed by atoms with van der Waals surface area (Å²) in [5.74, 6) is 17.1. The first-order valence-corrected chi connectivity index (χ1v) is 31.2. The Hall–Kier alpha value is -0.400. The van der Waals surface area contributed by atoms with E-state index in [1.54, 1.807) is 83.5 Å². The van der Waals surface area contributed by atoms with Gasteiger partial charge >= 0.3 is 0 Å². The summed E-state index contributed by atoms with van der Waals surface area (Å²) < 4.78 is 0. The largest absolute Gasteiger partial charge is 0.151 e. The first kappa shape index (κ1) is 47.0. The summed E-state index contributed by atoms with van der Waals surface area (Å²) in [5.41, 5.74) is 1.49. The Kier molecular flexibility index (Phi) is 14.7. The maximum atomic E-state index is 13.2. The lowest BCUT2D eigenvalue weighted by Gasteiger charge is -2.57. The molecule has 368 valence electrons. The van der Waals surface area contributed by atoms with E-state index in [0.717, 1.165) is 101 Å². The fourth-order valence-electron chi connectivity index (χ4n) is 19.9. The van der Waals surface area contributed by atoms with Crippen LogP contribution in [0.15, 0.2) is 5.18 Å². The van der Waals surface area contributed by atoms with E-state index in [1.807, 2.05) is 0 Å². The number of nitroso groups, excluding NO2 is 1. The van der Waals surface area contributed by atoms with Crippen molar-refractivity contribution in [2.75, 3.05) is 6.54 Å². The van der Waals surface area contributed by atoms with Gasteiger partial charge in [-0.2, -0.15) is 4.91 Å². The minimum absolute atomic E-state index is 0.148. The monoisotopic (exact) mass is 892 g/mol. The van der Waals surface area contributed by atoms with Gasteiger partial charge in [-0.3, -0.25) is 0 Å². The molecule has 0 N–H and O–H groups in total. The van der Waals surface area contributed by atoms with E-state index < -0.39 is 0 Å². The third-order valence-corrected chi connectivity index (χ3v) is 24.9. The Labute approximate surface area is 402 Å². The van der Waals surface area contributed by atoms with Gasteiger partial charge < -0.3 is 0 Å². The van der Waals surface area contributed by atoms with Gasteiger partial charge in [0, 0.05) is 0 Å². The number of hydrogen-bond acceptors (Lipinski definition) is 2. The van der Waals surface area contributed by atoms with Crippen molar-refractivity contribution in [3.63, 3.8) is 0 Å². The van der Waals surface area contributed by atoms with Crippen molar-refractivity contribution in [1.29, 1.82) is 0 Å².